The highest BCUT2D eigenvalue weighted by Crippen LogP contribution is 2.45. The molecule has 0 spiro atoms. The van der Waals surface area contributed by atoms with Gasteiger partial charge in [0.05, 0.1) is 11.6 Å². The lowest BCUT2D eigenvalue weighted by atomic mass is 9.79. The zero-order valence-corrected chi connectivity index (χ0v) is 17.6. The van der Waals surface area contributed by atoms with E-state index in [4.69, 9.17) is 0 Å². The standard InChI is InChI=1S/C21H31N5O3/c1-15(2)19(28)25-11-17-10-24(18(27)12-26-9-16(3)8-22-26)13-21(17,14-25)20(29)23-6-4-5-7-23/h8-9,15,17H,4-7,10-14H2,1-3H3. The number of fused-ring (bicyclic) bond motifs is 1. The fourth-order valence-corrected chi connectivity index (χ4v) is 5.12. The summed E-state index contributed by atoms with van der Waals surface area (Å²) in [6, 6.07) is 0. The lowest BCUT2D eigenvalue weighted by Crippen LogP contribution is -2.50. The van der Waals surface area contributed by atoms with E-state index in [9.17, 15) is 14.4 Å². The molecule has 4 rings (SSSR count). The number of aromatic nitrogens is 2. The van der Waals surface area contributed by atoms with Crippen molar-refractivity contribution in [2.24, 2.45) is 17.3 Å². The van der Waals surface area contributed by atoms with Crippen LogP contribution in [0.15, 0.2) is 12.4 Å². The number of carbonyl (C=O) groups excluding carboxylic acids is 3. The molecule has 0 N–H and O–H groups in total. The van der Waals surface area contributed by atoms with Crippen LogP contribution in [0.25, 0.3) is 0 Å². The summed E-state index contributed by atoms with van der Waals surface area (Å²) < 4.78 is 1.65. The van der Waals surface area contributed by atoms with Gasteiger partial charge in [0, 0.05) is 57.3 Å². The van der Waals surface area contributed by atoms with Crippen molar-refractivity contribution in [3.8, 4) is 0 Å². The van der Waals surface area contributed by atoms with Crippen LogP contribution in [0, 0.1) is 24.2 Å². The zero-order chi connectivity index (χ0) is 20.8. The van der Waals surface area contributed by atoms with E-state index in [-0.39, 0.29) is 36.1 Å². The molecule has 29 heavy (non-hydrogen) atoms. The minimum atomic E-state index is -0.662. The molecule has 2 atom stereocenters. The number of aryl methyl sites for hydroxylation is 1. The first-order chi connectivity index (χ1) is 13.8. The van der Waals surface area contributed by atoms with Gasteiger partial charge in [0.25, 0.3) is 0 Å². The van der Waals surface area contributed by atoms with E-state index in [2.05, 4.69) is 5.10 Å². The van der Waals surface area contributed by atoms with E-state index in [0.717, 1.165) is 31.5 Å². The van der Waals surface area contributed by atoms with Gasteiger partial charge >= 0.3 is 0 Å². The van der Waals surface area contributed by atoms with Crippen molar-refractivity contribution in [2.75, 3.05) is 39.3 Å². The minimum absolute atomic E-state index is 0.00149. The van der Waals surface area contributed by atoms with E-state index in [0.29, 0.717) is 26.2 Å². The molecular weight excluding hydrogens is 370 g/mol. The third-order valence-electron chi connectivity index (χ3n) is 6.65. The van der Waals surface area contributed by atoms with Crippen LogP contribution in [0.1, 0.15) is 32.3 Å². The molecule has 0 saturated carbocycles. The maximum Gasteiger partial charge on any atom is 0.244 e. The van der Waals surface area contributed by atoms with E-state index in [1.54, 1.807) is 10.9 Å². The van der Waals surface area contributed by atoms with Gasteiger partial charge in [-0.15, -0.1) is 0 Å². The van der Waals surface area contributed by atoms with Gasteiger partial charge in [-0.3, -0.25) is 19.1 Å². The van der Waals surface area contributed by atoms with Gasteiger partial charge in [-0.1, -0.05) is 13.8 Å². The Hall–Kier alpha value is -2.38. The molecule has 0 bridgehead atoms. The molecule has 1 aromatic heterocycles. The van der Waals surface area contributed by atoms with Gasteiger partial charge in [-0.05, 0) is 25.3 Å². The Kier molecular flexibility index (Phi) is 5.12. The molecule has 0 radical (unpaired) electrons. The van der Waals surface area contributed by atoms with Gasteiger partial charge < -0.3 is 14.7 Å². The lowest BCUT2D eigenvalue weighted by molar-refractivity contribution is -0.142. The quantitative estimate of drug-likeness (QED) is 0.746. The molecule has 0 aliphatic carbocycles. The summed E-state index contributed by atoms with van der Waals surface area (Å²) in [4.78, 5) is 44.7. The van der Waals surface area contributed by atoms with Gasteiger partial charge in [0.1, 0.15) is 6.54 Å². The van der Waals surface area contributed by atoms with Crippen molar-refractivity contribution in [3.05, 3.63) is 18.0 Å². The molecule has 3 aliphatic heterocycles. The molecule has 158 valence electrons. The van der Waals surface area contributed by atoms with Crippen molar-refractivity contribution in [3.63, 3.8) is 0 Å². The van der Waals surface area contributed by atoms with Gasteiger partial charge in [0.15, 0.2) is 0 Å². The van der Waals surface area contributed by atoms with Gasteiger partial charge in [0.2, 0.25) is 17.7 Å². The predicted octanol–water partition coefficient (Wildman–Crippen LogP) is 0.757. The normalized spacial score (nSPS) is 26.5. The topological polar surface area (TPSA) is 78.8 Å². The Balaban J connectivity index is 1.54. The molecule has 8 heteroatoms. The highest BCUT2D eigenvalue weighted by atomic mass is 16.2. The Bertz CT molecular complexity index is 813. The average Bonchev–Trinajstić information content (AvgIpc) is 3.43. The van der Waals surface area contributed by atoms with Gasteiger partial charge in [-0.25, -0.2) is 0 Å². The molecule has 4 heterocycles. The second kappa shape index (κ2) is 7.46. The largest absolute Gasteiger partial charge is 0.342 e. The summed E-state index contributed by atoms with van der Waals surface area (Å²) in [6.45, 7) is 9.39. The maximum atomic E-state index is 13.6. The molecular formula is C21H31N5O3. The number of rotatable bonds is 4. The molecule has 1 aromatic rings. The molecule has 2 unspecified atom stereocenters. The summed E-state index contributed by atoms with van der Waals surface area (Å²) in [5, 5.41) is 4.21. The number of hydrogen-bond donors (Lipinski definition) is 0. The van der Waals surface area contributed by atoms with Crippen LogP contribution in [0.3, 0.4) is 0 Å². The van der Waals surface area contributed by atoms with Crippen LogP contribution in [0.5, 0.6) is 0 Å². The second-order valence-electron chi connectivity index (χ2n) is 9.22. The molecule has 3 fully saturated rings. The predicted molar refractivity (Wildman–Crippen MR) is 107 cm³/mol. The van der Waals surface area contributed by atoms with Crippen molar-refractivity contribution < 1.29 is 14.4 Å². The monoisotopic (exact) mass is 401 g/mol. The lowest BCUT2D eigenvalue weighted by Gasteiger charge is -2.32. The van der Waals surface area contributed by atoms with E-state index < -0.39 is 5.41 Å². The fourth-order valence-electron chi connectivity index (χ4n) is 5.12. The number of carbonyl (C=O) groups is 3. The number of likely N-dealkylation sites (tertiary alicyclic amines) is 3. The maximum absolute atomic E-state index is 13.6. The highest BCUT2D eigenvalue weighted by molar-refractivity contribution is 5.88. The highest BCUT2D eigenvalue weighted by Gasteiger charge is 2.60. The Morgan fingerprint density at radius 2 is 1.76 bits per heavy atom. The van der Waals surface area contributed by atoms with Crippen molar-refractivity contribution in [1.29, 1.82) is 0 Å². The number of nitrogens with zero attached hydrogens (tertiary/aromatic N) is 5. The first-order valence-electron chi connectivity index (χ1n) is 10.6. The summed E-state index contributed by atoms with van der Waals surface area (Å²) >= 11 is 0. The summed E-state index contributed by atoms with van der Waals surface area (Å²) in [6.07, 6.45) is 5.65. The SMILES string of the molecule is Cc1cnn(CC(=O)N2CC3CN(C(=O)C(C)C)CC3(C(=O)N3CCCC3)C2)c1. The Morgan fingerprint density at radius 3 is 2.38 bits per heavy atom. The van der Waals surface area contributed by atoms with Crippen molar-refractivity contribution in [2.45, 2.75) is 40.2 Å². The third-order valence-corrected chi connectivity index (χ3v) is 6.65. The number of hydrogen-bond acceptors (Lipinski definition) is 4. The molecule has 3 aliphatic rings. The average molecular weight is 402 g/mol. The van der Waals surface area contributed by atoms with Crippen LogP contribution in [0.4, 0.5) is 0 Å². The van der Waals surface area contributed by atoms with E-state index >= 15 is 0 Å². The molecule has 3 amide bonds. The second-order valence-corrected chi connectivity index (χ2v) is 9.22. The van der Waals surface area contributed by atoms with Crippen LogP contribution < -0.4 is 0 Å². The van der Waals surface area contributed by atoms with Crippen LogP contribution in [0.2, 0.25) is 0 Å². The zero-order valence-electron chi connectivity index (χ0n) is 17.6. The molecule has 3 saturated heterocycles. The summed E-state index contributed by atoms with van der Waals surface area (Å²) in [7, 11) is 0. The van der Waals surface area contributed by atoms with Crippen LogP contribution in [-0.2, 0) is 20.9 Å². The van der Waals surface area contributed by atoms with Crippen molar-refractivity contribution in [1.82, 2.24) is 24.5 Å². The van der Waals surface area contributed by atoms with Gasteiger partial charge in [-0.2, -0.15) is 5.10 Å². The summed E-state index contributed by atoms with van der Waals surface area (Å²) in [5.41, 5.74) is 0.351. The first-order valence-corrected chi connectivity index (χ1v) is 10.6. The fraction of sp³-hybridized carbons (Fsp3) is 0.714. The van der Waals surface area contributed by atoms with E-state index in [1.807, 2.05) is 41.7 Å². The van der Waals surface area contributed by atoms with Crippen LogP contribution in [-0.4, -0.2) is 81.5 Å². The first kappa shape index (κ1) is 19.9. The molecule has 0 aromatic carbocycles. The molecule has 8 nitrogen and oxygen atoms in total. The summed E-state index contributed by atoms with van der Waals surface area (Å²) in [5.74, 6) is 0.121. The van der Waals surface area contributed by atoms with E-state index in [1.165, 1.54) is 0 Å². The Morgan fingerprint density at radius 1 is 1.10 bits per heavy atom. The van der Waals surface area contributed by atoms with Crippen molar-refractivity contribution >= 4 is 17.7 Å². The number of amides is 3. The third kappa shape index (κ3) is 3.53. The smallest absolute Gasteiger partial charge is 0.244 e. The Labute approximate surface area is 171 Å². The van der Waals surface area contributed by atoms with Crippen LogP contribution >= 0.6 is 0 Å². The minimum Gasteiger partial charge on any atom is -0.342 e.